The molecule has 0 amide bonds. The second kappa shape index (κ2) is 12.5. The molecule has 1 fully saturated rings. The van der Waals surface area contributed by atoms with Crippen molar-refractivity contribution >= 4 is 29.9 Å². The molecule has 178 valence electrons. The SMILES string of the molecule is CCNC(=NCC(O)c1cc(OC)ccc1OC)N1CCN(C(C)C(F)(F)F)CC1.I. The van der Waals surface area contributed by atoms with E-state index in [1.165, 1.54) is 18.9 Å². The van der Waals surface area contributed by atoms with Crippen LogP contribution in [0.5, 0.6) is 11.5 Å². The number of piperazine rings is 1. The van der Waals surface area contributed by atoms with E-state index in [2.05, 4.69) is 10.3 Å². The normalized spacial score (nSPS) is 17.5. The fourth-order valence-corrected chi connectivity index (χ4v) is 3.32. The van der Waals surface area contributed by atoms with Gasteiger partial charge in [0.15, 0.2) is 5.96 Å². The summed E-state index contributed by atoms with van der Waals surface area (Å²) in [4.78, 5) is 7.85. The third-order valence-corrected chi connectivity index (χ3v) is 5.18. The second-order valence-corrected chi connectivity index (χ2v) is 7.06. The van der Waals surface area contributed by atoms with Crippen LogP contribution in [0.2, 0.25) is 0 Å². The van der Waals surface area contributed by atoms with Crippen molar-refractivity contribution in [3.05, 3.63) is 23.8 Å². The Bertz CT molecular complexity index is 713. The van der Waals surface area contributed by atoms with Crippen molar-refractivity contribution in [2.24, 2.45) is 4.99 Å². The Morgan fingerprint density at radius 1 is 1.19 bits per heavy atom. The molecular weight excluding hydrogens is 528 g/mol. The maximum absolute atomic E-state index is 13.0. The molecule has 2 N–H and O–H groups in total. The number of nitrogens with zero attached hydrogens (tertiary/aromatic N) is 3. The quantitative estimate of drug-likeness (QED) is 0.304. The molecule has 31 heavy (non-hydrogen) atoms. The molecule has 1 aliphatic heterocycles. The number of hydrogen-bond acceptors (Lipinski definition) is 5. The smallest absolute Gasteiger partial charge is 0.403 e. The van der Waals surface area contributed by atoms with Crippen molar-refractivity contribution in [1.82, 2.24) is 15.1 Å². The summed E-state index contributed by atoms with van der Waals surface area (Å²) in [6.07, 6.45) is -5.16. The molecule has 11 heteroatoms. The Morgan fingerprint density at radius 2 is 1.84 bits per heavy atom. The molecule has 2 atom stereocenters. The Hall–Kier alpha value is -1.47. The molecular formula is C20H32F3IN4O3. The van der Waals surface area contributed by atoms with Crippen LogP contribution in [0.1, 0.15) is 25.5 Å². The van der Waals surface area contributed by atoms with Gasteiger partial charge in [-0.25, -0.2) is 0 Å². The number of nitrogens with one attached hydrogen (secondary N) is 1. The standard InChI is InChI=1S/C20H31F3N4O3.HI/c1-5-24-19(27-10-8-26(9-11-27)14(2)20(21,22)23)25-13-17(28)16-12-15(29-3)6-7-18(16)30-4;/h6-7,12,14,17,28H,5,8-11,13H2,1-4H3,(H,24,25);1H. The number of guanidine groups is 1. The number of aliphatic imine (C=N–C) groups is 1. The van der Waals surface area contributed by atoms with Crippen LogP contribution in [-0.2, 0) is 0 Å². The predicted molar refractivity (Wildman–Crippen MR) is 125 cm³/mol. The molecule has 0 spiro atoms. The lowest BCUT2D eigenvalue weighted by atomic mass is 10.1. The summed E-state index contributed by atoms with van der Waals surface area (Å²) in [5.74, 6) is 1.69. The van der Waals surface area contributed by atoms with E-state index in [9.17, 15) is 18.3 Å². The van der Waals surface area contributed by atoms with E-state index in [1.807, 2.05) is 11.8 Å². The van der Waals surface area contributed by atoms with Crippen LogP contribution in [0.3, 0.4) is 0 Å². The Morgan fingerprint density at radius 3 is 2.35 bits per heavy atom. The summed E-state index contributed by atoms with van der Waals surface area (Å²) in [5.41, 5.74) is 0.556. The average Bonchev–Trinajstić information content (AvgIpc) is 2.74. The topological polar surface area (TPSA) is 69.6 Å². The van der Waals surface area contributed by atoms with E-state index >= 15 is 0 Å². The molecule has 0 saturated carbocycles. The molecule has 1 aromatic rings. The van der Waals surface area contributed by atoms with Crippen LogP contribution in [0, 0.1) is 0 Å². The van der Waals surface area contributed by atoms with Gasteiger partial charge in [-0.15, -0.1) is 24.0 Å². The summed E-state index contributed by atoms with van der Waals surface area (Å²) in [6.45, 7) is 5.21. The van der Waals surface area contributed by atoms with E-state index in [4.69, 9.17) is 9.47 Å². The number of benzene rings is 1. The van der Waals surface area contributed by atoms with Gasteiger partial charge in [0, 0.05) is 38.3 Å². The number of methoxy groups -OCH3 is 2. The highest BCUT2D eigenvalue weighted by Crippen LogP contribution is 2.29. The monoisotopic (exact) mass is 560 g/mol. The molecule has 0 aromatic heterocycles. The molecule has 0 radical (unpaired) electrons. The minimum absolute atomic E-state index is 0. The average molecular weight is 560 g/mol. The van der Waals surface area contributed by atoms with Gasteiger partial charge in [0.2, 0.25) is 0 Å². The second-order valence-electron chi connectivity index (χ2n) is 7.06. The largest absolute Gasteiger partial charge is 0.497 e. The third-order valence-electron chi connectivity index (χ3n) is 5.18. The van der Waals surface area contributed by atoms with Crippen LogP contribution < -0.4 is 14.8 Å². The van der Waals surface area contributed by atoms with E-state index < -0.39 is 18.3 Å². The van der Waals surface area contributed by atoms with Gasteiger partial charge in [0.1, 0.15) is 23.6 Å². The van der Waals surface area contributed by atoms with E-state index in [0.717, 1.165) is 0 Å². The number of rotatable bonds is 7. The molecule has 1 aliphatic rings. The fourth-order valence-electron chi connectivity index (χ4n) is 3.32. The van der Waals surface area contributed by atoms with Gasteiger partial charge in [0.05, 0.1) is 20.8 Å². The van der Waals surface area contributed by atoms with Crippen LogP contribution >= 0.6 is 24.0 Å². The van der Waals surface area contributed by atoms with Gasteiger partial charge in [0.25, 0.3) is 0 Å². The zero-order chi connectivity index (χ0) is 22.3. The minimum atomic E-state index is -4.24. The Kier molecular flexibility index (Phi) is 11.1. The van der Waals surface area contributed by atoms with Crippen molar-refractivity contribution in [3.8, 4) is 11.5 Å². The Labute approximate surface area is 198 Å². The zero-order valence-electron chi connectivity index (χ0n) is 18.3. The lowest BCUT2D eigenvalue weighted by molar-refractivity contribution is -0.181. The minimum Gasteiger partial charge on any atom is -0.497 e. The van der Waals surface area contributed by atoms with Gasteiger partial charge < -0.3 is 24.8 Å². The van der Waals surface area contributed by atoms with Crippen molar-refractivity contribution in [3.63, 3.8) is 0 Å². The number of hydrogen-bond donors (Lipinski definition) is 2. The first kappa shape index (κ1) is 27.6. The first-order valence-corrected chi connectivity index (χ1v) is 9.95. The van der Waals surface area contributed by atoms with Gasteiger partial charge in [-0.05, 0) is 32.0 Å². The molecule has 2 unspecified atom stereocenters. The van der Waals surface area contributed by atoms with Crippen molar-refractivity contribution in [2.75, 3.05) is 53.5 Å². The van der Waals surface area contributed by atoms with Crippen molar-refractivity contribution in [1.29, 1.82) is 0 Å². The van der Waals surface area contributed by atoms with Crippen LogP contribution in [0.25, 0.3) is 0 Å². The number of alkyl halides is 3. The number of halogens is 4. The maximum atomic E-state index is 13.0. The van der Waals surface area contributed by atoms with E-state index in [1.54, 1.807) is 25.3 Å². The van der Waals surface area contributed by atoms with Gasteiger partial charge in [-0.3, -0.25) is 9.89 Å². The lowest BCUT2D eigenvalue weighted by Gasteiger charge is -2.39. The zero-order valence-corrected chi connectivity index (χ0v) is 20.6. The lowest BCUT2D eigenvalue weighted by Crippen LogP contribution is -2.56. The predicted octanol–water partition coefficient (Wildman–Crippen LogP) is 2.89. The highest BCUT2D eigenvalue weighted by molar-refractivity contribution is 14.0. The molecule has 1 aromatic carbocycles. The molecule has 1 heterocycles. The summed E-state index contributed by atoms with van der Waals surface area (Å²) < 4.78 is 49.4. The summed E-state index contributed by atoms with van der Waals surface area (Å²) in [5, 5.41) is 13.8. The van der Waals surface area contributed by atoms with Crippen LogP contribution in [0.15, 0.2) is 23.2 Å². The fraction of sp³-hybridized carbons (Fsp3) is 0.650. The van der Waals surface area contributed by atoms with Crippen molar-refractivity contribution < 1.29 is 27.8 Å². The highest BCUT2D eigenvalue weighted by Gasteiger charge is 2.41. The van der Waals surface area contributed by atoms with Gasteiger partial charge in [-0.1, -0.05) is 0 Å². The van der Waals surface area contributed by atoms with Gasteiger partial charge in [-0.2, -0.15) is 13.2 Å². The molecule has 0 aliphatic carbocycles. The first-order chi connectivity index (χ1) is 14.2. The number of aliphatic hydroxyl groups excluding tert-OH is 1. The van der Waals surface area contributed by atoms with Gasteiger partial charge >= 0.3 is 6.18 Å². The van der Waals surface area contributed by atoms with Crippen LogP contribution in [0.4, 0.5) is 13.2 Å². The van der Waals surface area contributed by atoms with Crippen molar-refractivity contribution in [2.45, 2.75) is 32.2 Å². The first-order valence-electron chi connectivity index (χ1n) is 9.95. The number of aliphatic hydroxyl groups is 1. The summed E-state index contributed by atoms with van der Waals surface area (Å²) in [6, 6.07) is 3.68. The summed E-state index contributed by atoms with van der Waals surface area (Å²) in [7, 11) is 3.06. The van der Waals surface area contributed by atoms with E-state index in [0.29, 0.717) is 42.7 Å². The summed E-state index contributed by atoms with van der Waals surface area (Å²) >= 11 is 0. The molecule has 2 rings (SSSR count). The maximum Gasteiger partial charge on any atom is 0.403 e. The molecule has 0 bridgehead atoms. The highest BCUT2D eigenvalue weighted by atomic mass is 127. The number of ether oxygens (including phenoxy) is 2. The van der Waals surface area contributed by atoms with Crippen LogP contribution in [-0.4, -0.2) is 86.6 Å². The third kappa shape index (κ3) is 7.56. The van der Waals surface area contributed by atoms with E-state index in [-0.39, 0.29) is 43.6 Å². The molecule has 7 nitrogen and oxygen atoms in total. The molecule has 1 saturated heterocycles. The Balaban J connectivity index is 0.00000480.